The van der Waals surface area contributed by atoms with E-state index in [0.29, 0.717) is 12.2 Å². The van der Waals surface area contributed by atoms with Crippen molar-refractivity contribution in [3.05, 3.63) is 58.9 Å². The van der Waals surface area contributed by atoms with Crippen LogP contribution in [0.2, 0.25) is 0 Å². The third kappa shape index (κ3) is 3.93. The molecule has 1 heterocycles. The minimum absolute atomic E-state index is 0.0161. The highest BCUT2D eigenvalue weighted by Crippen LogP contribution is 2.55. The number of carbonyl (C=O) groups excluding carboxylic acids is 1. The maximum Gasteiger partial charge on any atom is 0.428 e. The van der Waals surface area contributed by atoms with E-state index in [0.717, 1.165) is 31.7 Å². The smallest absolute Gasteiger partial charge is 0.428 e. The monoisotopic (exact) mass is 477 g/mol. The molecule has 4 rings (SSSR count). The lowest BCUT2D eigenvalue weighted by Crippen LogP contribution is -2.38. The number of hydrogen-bond donors (Lipinski definition) is 2. The van der Waals surface area contributed by atoms with Gasteiger partial charge in [0.15, 0.2) is 0 Å². The van der Waals surface area contributed by atoms with E-state index in [1.165, 1.54) is 18.2 Å². The fourth-order valence-corrected chi connectivity index (χ4v) is 5.53. The molecule has 9 nitrogen and oxygen atoms in total. The van der Waals surface area contributed by atoms with E-state index in [-0.39, 0.29) is 27.5 Å². The zero-order chi connectivity index (χ0) is 23.9. The van der Waals surface area contributed by atoms with Crippen LogP contribution in [0.3, 0.4) is 0 Å². The molecule has 1 saturated carbocycles. The SMILES string of the molecule is COC(=O)N(c1ccc2c(c1C(=O)O)OC[C@@H]1C[C@H]21)S(=O)(=O)c1ccc(F)cc1C=CCO. The number of benzene rings is 2. The molecule has 1 fully saturated rings. The molecule has 2 aliphatic rings. The summed E-state index contributed by atoms with van der Waals surface area (Å²) < 4.78 is 51.6. The van der Waals surface area contributed by atoms with Crippen LogP contribution in [0.5, 0.6) is 5.75 Å². The fraction of sp³-hybridized carbons (Fsp3) is 0.273. The highest BCUT2D eigenvalue weighted by atomic mass is 32.2. The molecule has 0 spiro atoms. The minimum Gasteiger partial charge on any atom is -0.492 e. The minimum atomic E-state index is -4.79. The molecule has 174 valence electrons. The Morgan fingerprint density at radius 3 is 2.73 bits per heavy atom. The Kier molecular flexibility index (Phi) is 5.85. The van der Waals surface area contributed by atoms with Crippen LogP contribution in [0.15, 0.2) is 41.3 Å². The number of amides is 1. The summed E-state index contributed by atoms with van der Waals surface area (Å²) in [5.74, 6) is -1.81. The number of rotatable bonds is 6. The van der Waals surface area contributed by atoms with Crippen molar-refractivity contribution in [3.8, 4) is 5.75 Å². The van der Waals surface area contributed by atoms with Crippen LogP contribution in [-0.2, 0) is 14.8 Å². The van der Waals surface area contributed by atoms with Gasteiger partial charge in [-0.05, 0) is 47.7 Å². The first kappa shape index (κ1) is 22.7. The molecule has 1 aliphatic carbocycles. The van der Waals surface area contributed by atoms with Crippen LogP contribution in [0.25, 0.3) is 6.08 Å². The van der Waals surface area contributed by atoms with E-state index < -0.39 is 50.7 Å². The average molecular weight is 477 g/mol. The summed E-state index contributed by atoms with van der Waals surface area (Å²) in [4.78, 5) is 24.4. The largest absolute Gasteiger partial charge is 0.492 e. The zero-order valence-electron chi connectivity index (χ0n) is 17.4. The van der Waals surface area contributed by atoms with Gasteiger partial charge < -0.3 is 19.7 Å². The molecule has 2 aromatic rings. The number of carboxylic acids is 1. The number of carboxylic acid groups (broad SMARTS) is 1. The Morgan fingerprint density at radius 1 is 1.30 bits per heavy atom. The van der Waals surface area contributed by atoms with E-state index in [1.807, 2.05) is 0 Å². The first-order valence-corrected chi connectivity index (χ1v) is 11.4. The van der Waals surface area contributed by atoms with Gasteiger partial charge in [0.1, 0.15) is 17.1 Å². The van der Waals surface area contributed by atoms with Gasteiger partial charge >= 0.3 is 12.1 Å². The second-order valence-corrected chi connectivity index (χ2v) is 9.36. The van der Waals surface area contributed by atoms with Gasteiger partial charge in [-0.15, -0.1) is 0 Å². The van der Waals surface area contributed by atoms with Crippen molar-refractivity contribution in [1.82, 2.24) is 0 Å². The molecule has 0 unspecified atom stereocenters. The maximum absolute atomic E-state index is 13.8. The van der Waals surface area contributed by atoms with Crippen molar-refractivity contribution in [2.75, 3.05) is 24.6 Å². The van der Waals surface area contributed by atoms with Gasteiger partial charge in [-0.3, -0.25) is 0 Å². The molecule has 33 heavy (non-hydrogen) atoms. The Bertz CT molecular complexity index is 1270. The number of hydrogen-bond acceptors (Lipinski definition) is 7. The molecule has 0 saturated heterocycles. The van der Waals surface area contributed by atoms with Crippen molar-refractivity contribution in [2.24, 2.45) is 5.92 Å². The molecule has 0 bridgehead atoms. The fourth-order valence-electron chi connectivity index (χ4n) is 3.99. The van der Waals surface area contributed by atoms with E-state index >= 15 is 0 Å². The number of methoxy groups -OCH3 is 1. The molecule has 2 atom stereocenters. The van der Waals surface area contributed by atoms with Crippen molar-refractivity contribution in [3.63, 3.8) is 0 Å². The highest BCUT2D eigenvalue weighted by Gasteiger charge is 2.47. The molecular formula is C22H20FNO8S. The zero-order valence-corrected chi connectivity index (χ0v) is 18.2. The Hall–Kier alpha value is -3.44. The number of fused-ring (bicyclic) bond motifs is 3. The number of aliphatic hydroxyl groups excluding tert-OH is 1. The summed E-state index contributed by atoms with van der Waals surface area (Å²) in [6, 6.07) is 5.52. The number of aromatic carboxylic acids is 1. The summed E-state index contributed by atoms with van der Waals surface area (Å²) in [5.41, 5.74) is -0.456. The molecule has 2 N–H and O–H groups in total. The number of ether oxygens (including phenoxy) is 2. The number of anilines is 1. The van der Waals surface area contributed by atoms with Crippen molar-refractivity contribution in [2.45, 2.75) is 17.2 Å². The third-order valence-corrected chi connectivity index (χ3v) is 7.35. The van der Waals surface area contributed by atoms with Gasteiger partial charge in [0.25, 0.3) is 10.0 Å². The van der Waals surface area contributed by atoms with Crippen LogP contribution in [-0.4, -0.2) is 51.0 Å². The molecule has 11 heteroatoms. The summed E-state index contributed by atoms with van der Waals surface area (Å²) in [5, 5.41) is 19.0. The summed E-state index contributed by atoms with van der Waals surface area (Å²) in [6.07, 6.45) is 1.84. The number of halogens is 1. The van der Waals surface area contributed by atoms with Gasteiger partial charge in [-0.25, -0.2) is 22.4 Å². The van der Waals surface area contributed by atoms with Crippen molar-refractivity contribution in [1.29, 1.82) is 0 Å². The normalized spacial score (nSPS) is 18.8. The van der Waals surface area contributed by atoms with Crippen molar-refractivity contribution >= 4 is 33.8 Å². The summed E-state index contributed by atoms with van der Waals surface area (Å²) in [7, 11) is -3.84. The Balaban J connectivity index is 1.94. The molecule has 1 amide bonds. The molecule has 0 aromatic heterocycles. The predicted octanol–water partition coefficient (Wildman–Crippen LogP) is 2.99. The first-order chi connectivity index (χ1) is 15.7. The van der Waals surface area contributed by atoms with Gasteiger partial charge in [-0.1, -0.05) is 18.2 Å². The summed E-state index contributed by atoms with van der Waals surface area (Å²) >= 11 is 0. The standard InChI is InChI=1S/C22H20FNO8S/c1-31-22(28)24(33(29,30)18-7-4-14(23)9-12(18)3-2-8-25)17-6-5-15-16-10-13(16)11-32-20(15)19(17)21(26)27/h2-7,9,13,16,25H,8,10-11H2,1H3,(H,26,27)/t13-,16-/m0/s1. The van der Waals surface area contributed by atoms with Crippen LogP contribution in [0.1, 0.15) is 33.8 Å². The van der Waals surface area contributed by atoms with E-state index in [2.05, 4.69) is 4.74 Å². The van der Waals surface area contributed by atoms with Crippen LogP contribution >= 0.6 is 0 Å². The maximum atomic E-state index is 13.8. The summed E-state index contributed by atoms with van der Waals surface area (Å²) in [6.45, 7) is -0.148. The molecule has 0 radical (unpaired) electrons. The van der Waals surface area contributed by atoms with Crippen LogP contribution in [0, 0.1) is 11.7 Å². The highest BCUT2D eigenvalue weighted by molar-refractivity contribution is 7.93. The first-order valence-electron chi connectivity index (χ1n) is 9.94. The quantitative estimate of drug-likeness (QED) is 0.649. The van der Waals surface area contributed by atoms with E-state index in [1.54, 1.807) is 6.07 Å². The van der Waals surface area contributed by atoms with Crippen LogP contribution in [0.4, 0.5) is 14.9 Å². The molecule has 2 aromatic carbocycles. The molecule has 1 aliphatic heterocycles. The Labute approximate surface area is 188 Å². The second kappa shape index (κ2) is 8.49. The lowest BCUT2D eigenvalue weighted by molar-refractivity contribution is 0.0692. The lowest BCUT2D eigenvalue weighted by atomic mass is 10.00. The van der Waals surface area contributed by atoms with Crippen molar-refractivity contribution < 1.29 is 42.1 Å². The van der Waals surface area contributed by atoms with Gasteiger partial charge in [0.05, 0.1) is 30.9 Å². The number of carbonyl (C=O) groups is 2. The number of aliphatic hydroxyl groups is 1. The van der Waals surface area contributed by atoms with Crippen LogP contribution < -0.4 is 9.04 Å². The Morgan fingerprint density at radius 2 is 2.06 bits per heavy atom. The third-order valence-electron chi connectivity index (χ3n) is 5.60. The van der Waals surface area contributed by atoms with E-state index in [9.17, 15) is 27.5 Å². The van der Waals surface area contributed by atoms with Gasteiger partial charge in [0.2, 0.25) is 0 Å². The van der Waals surface area contributed by atoms with Gasteiger partial charge in [0, 0.05) is 5.92 Å². The second-order valence-electron chi connectivity index (χ2n) is 7.60. The van der Waals surface area contributed by atoms with Gasteiger partial charge in [-0.2, -0.15) is 4.31 Å². The number of sulfonamides is 1. The topological polar surface area (TPSA) is 130 Å². The number of nitrogens with zero attached hydrogens (tertiary/aromatic N) is 1. The average Bonchev–Trinajstić information content (AvgIpc) is 3.57. The van der Waals surface area contributed by atoms with E-state index in [4.69, 9.17) is 9.84 Å². The lowest BCUT2D eigenvalue weighted by Gasteiger charge is -2.26. The molecular weight excluding hydrogens is 457 g/mol. The predicted molar refractivity (Wildman–Crippen MR) is 114 cm³/mol.